The van der Waals surface area contributed by atoms with Crippen LogP contribution in [0.15, 0.2) is 34.4 Å². The summed E-state index contributed by atoms with van der Waals surface area (Å²) in [5.41, 5.74) is 1.58. The molecule has 1 aromatic heterocycles. The van der Waals surface area contributed by atoms with Crippen molar-refractivity contribution in [2.24, 2.45) is 0 Å². The Morgan fingerprint density at radius 1 is 1.29 bits per heavy atom. The second kappa shape index (κ2) is 5.41. The topological polar surface area (TPSA) is 48.2 Å². The minimum atomic E-state index is -0.453. The van der Waals surface area contributed by atoms with Crippen molar-refractivity contribution < 1.29 is 13.7 Å². The lowest BCUT2D eigenvalue weighted by Crippen LogP contribution is -2.29. The van der Waals surface area contributed by atoms with Gasteiger partial charge < -0.3 is 9.26 Å². The number of hydrogen-bond donors (Lipinski definition) is 0. The second-order valence-corrected chi connectivity index (χ2v) is 5.57. The third kappa shape index (κ3) is 2.61. The zero-order valence-corrected chi connectivity index (χ0v) is 12.1. The molecule has 1 aliphatic rings. The van der Waals surface area contributed by atoms with Crippen LogP contribution in [0.25, 0.3) is 6.08 Å². The van der Waals surface area contributed by atoms with E-state index in [0.29, 0.717) is 24.9 Å². The fourth-order valence-corrected chi connectivity index (χ4v) is 2.60. The van der Waals surface area contributed by atoms with E-state index in [1.165, 1.54) is 12.1 Å². The molecule has 110 valence electrons. The predicted molar refractivity (Wildman–Crippen MR) is 76.2 cm³/mol. The van der Waals surface area contributed by atoms with Gasteiger partial charge in [0.25, 0.3) is 5.89 Å². The van der Waals surface area contributed by atoms with Crippen molar-refractivity contribution in [2.45, 2.75) is 25.7 Å². The maximum atomic E-state index is 13.2. The van der Waals surface area contributed by atoms with Crippen LogP contribution in [0.3, 0.4) is 0 Å². The number of allylic oxidation sites excluding steroid dienone is 1. The van der Waals surface area contributed by atoms with Gasteiger partial charge in [0.15, 0.2) is 5.82 Å². The molecule has 1 aliphatic heterocycles. The van der Waals surface area contributed by atoms with E-state index in [4.69, 9.17) is 9.26 Å². The van der Waals surface area contributed by atoms with Crippen molar-refractivity contribution in [2.75, 3.05) is 13.2 Å². The zero-order chi connectivity index (χ0) is 14.9. The molecule has 1 fully saturated rings. The maximum absolute atomic E-state index is 13.2. The first-order valence-electron chi connectivity index (χ1n) is 6.93. The first-order chi connectivity index (χ1) is 10.1. The van der Waals surface area contributed by atoms with Crippen molar-refractivity contribution in [1.82, 2.24) is 10.1 Å². The van der Waals surface area contributed by atoms with Gasteiger partial charge in [-0.25, -0.2) is 4.39 Å². The molecule has 0 radical (unpaired) electrons. The minimum Gasteiger partial charge on any atom is -0.380 e. The number of ether oxygens (including phenoxy) is 1. The number of hydrogen-bond acceptors (Lipinski definition) is 4. The molecule has 1 saturated heterocycles. The van der Waals surface area contributed by atoms with E-state index < -0.39 is 5.41 Å². The molecule has 0 N–H and O–H groups in total. The monoisotopic (exact) mass is 288 g/mol. The highest BCUT2D eigenvalue weighted by Gasteiger charge is 2.42. The molecule has 2 aromatic rings. The average molecular weight is 288 g/mol. The average Bonchev–Trinajstić information content (AvgIpc) is 3.08. The summed E-state index contributed by atoms with van der Waals surface area (Å²) in [5, 5.41) is 4.12. The number of benzene rings is 1. The van der Waals surface area contributed by atoms with Gasteiger partial charge >= 0.3 is 0 Å². The highest BCUT2D eigenvalue weighted by atomic mass is 19.1. The number of rotatable bonds is 3. The molecular formula is C16H17FN2O2. The Balaban J connectivity index is 2.03. The predicted octanol–water partition coefficient (Wildman–Crippen LogP) is 3.34. The Morgan fingerprint density at radius 3 is 2.67 bits per heavy atom. The van der Waals surface area contributed by atoms with Crippen LogP contribution in [0.4, 0.5) is 4.39 Å². The summed E-state index contributed by atoms with van der Waals surface area (Å²) in [5.74, 6) is 0.823. The molecule has 4 nitrogen and oxygen atoms in total. The molecule has 0 aliphatic carbocycles. The molecule has 5 heteroatoms. The molecule has 1 aromatic carbocycles. The van der Waals surface area contributed by atoms with Crippen molar-refractivity contribution in [3.8, 4) is 0 Å². The Kier molecular flexibility index (Phi) is 3.59. The van der Waals surface area contributed by atoms with Crippen LogP contribution in [0, 0.1) is 5.82 Å². The summed E-state index contributed by atoms with van der Waals surface area (Å²) in [6.45, 7) is 5.05. The first-order valence-corrected chi connectivity index (χ1v) is 6.93. The van der Waals surface area contributed by atoms with E-state index in [9.17, 15) is 4.39 Å². The summed E-state index contributed by atoms with van der Waals surface area (Å²) < 4.78 is 24.0. The molecule has 2 heterocycles. The highest BCUT2D eigenvalue weighted by molar-refractivity contribution is 5.43. The Bertz CT molecular complexity index is 651. The SMILES string of the molecule is CC(C)=Cc1nc(C2(c3ccc(F)cc3)CCOC2)no1. The van der Waals surface area contributed by atoms with Crippen molar-refractivity contribution in [3.63, 3.8) is 0 Å². The number of aromatic nitrogens is 2. The molecule has 0 bridgehead atoms. The van der Waals surface area contributed by atoms with Crippen LogP contribution < -0.4 is 0 Å². The summed E-state index contributed by atoms with van der Waals surface area (Å²) in [4.78, 5) is 4.48. The summed E-state index contributed by atoms with van der Waals surface area (Å²) in [6, 6.07) is 6.43. The maximum Gasteiger partial charge on any atom is 0.250 e. The van der Waals surface area contributed by atoms with Crippen LogP contribution >= 0.6 is 0 Å². The third-order valence-corrected chi connectivity index (χ3v) is 3.70. The number of nitrogens with zero attached hydrogens (tertiary/aromatic N) is 2. The normalized spacial score (nSPS) is 21.5. The lowest BCUT2D eigenvalue weighted by Gasteiger charge is -2.23. The van der Waals surface area contributed by atoms with Crippen LogP contribution in [0.5, 0.6) is 0 Å². The van der Waals surface area contributed by atoms with Crippen LogP contribution in [0.2, 0.25) is 0 Å². The third-order valence-electron chi connectivity index (χ3n) is 3.70. The molecule has 3 rings (SSSR count). The molecular weight excluding hydrogens is 271 g/mol. The first kappa shape index (κ1) is 13.9. The van der Waals surface area contributed by atoms with Gasteiger partial charge in [0, 0.05) is 12.7 Å². The second-order valence-electron chi connectivity index (χ2n) is 5.57. The Hall–Kier alpha value is -2.01. The molecule has 0 spiro atoms. The highest BCUT2D eigenvalue weighted by Crippen LogP contribution is 2.38. The van der Waals surface area contributed by atoms with E-state index in [1.807, 2.05) is 19.9 Å². The lowest BCUT2D eigenvalue weighted by molar-refractivity contribution is 0.182. The summed E-state index contributed by atoms with van der Waals surface area (Å²) in [6.07, 6.45) is 2.59. The minimum absolute atomic E-state index is 0.258. The molecule has 1 atom stereocenters. The fourth-order valence-electron chi connectivity index (χ4n) is 2.60. The Morgan fingerprint density at radius 2 is 2.05 bits per heavy atom. The van der Waals surface area contributed by atoms with E-state index in [-0.39, 0.29) is 5.82 Å². The van der Waals surface area contributed by atoms with E-state index in [1.54, 1.807) is 12.1 Å². The summed E-state index contributed by atoms with van der Waals surface area (Å²) >= 11 is 0. The zero-order valence-electron chi connectivity index (χ0n) is 12.1. The number of halogens is 1. The Labute approximate surface area is 122 Å². The van der Waals surface area contributed by atoms with E-state index in [0.717, 1.165) is 17.6 Å². The van der Waals surface area contributed by atoms with Gasteiger partial charge in [-0.3, -0.25) is 0 Å². The standard InChI is InChI=1S/C16H17FN2O2/c1-11(2)9-14-18-15(19-21-14)16(7-8-20-10-16)12-3-5-13(17)6-4-12/h3-6,9H,7-8,10H2,1-2H3. The van der Waals surface area contributed by atoms with Crippen LogP contribution in [-0.2, 0) is 10.2 Å². The summed E-state index contributed by atoms with van der Waals surface area (Å²) in [7, 11) is 0. The van der Waals surface area contributed by atoms with Gasteiger partial charge in [-0.15, -0.1) is 0 Å². The largest absolute Gasteiger partial charge is 0.380 e. The van der Waals surface area contributed by atoms with E-state index >= 15 is 0 Å². The molecule has 0 amide bonds. The van der Waals surface area contributed by atoms with Gasteiger partial charge in [0.1, 0.15) is 5.82 Å². The fraction of sp³-hybridized carbons (Fsp3) is 0.375. The van der Waals surface area contributed by atoms with Crippen LogP contribution in [-0.4, -0.2) is 23.4 Å². The van der Waals surface area contributed by atoms with Gasteiger partial charge in [-0.2, -0.15) is 4.98 Å². The molecule has 21 heavy (non-hydrogen) atoms. The molecule has 1 unspecified atom stereocenters. The van der Waals surface area contributed by atoms with E-state index in [2.05, 4.69) is 10.1 Å². The van der Waals surface area contributed by atoms with Gasteiger partial charge in [0.05, 0.1) is 12.0 Å². The van der Waals surface area contributed by atoms with Gasteiger partial charge in [0.2, 0.25) is 0 Å². The van der Waals surface area contributed by atoms with Crippen LogP contribution in [0.1, 0.15) is 37.5 Å². The van der Waals surface area contributed by atoms with Crippen molar-refractivity contribution >= 4 is 6.08 Å². The van der Waals surface area contributed by atoms with Crippen molar-refractivity contribution in [3.05, 3.63) is 52.9 Å². The molecule has 0 saturated carbocycles. The van der Waals surface area contributed by atoms with Gasteiger partial charge in [-0.1, -0.05) is 22.9 Å². The van der Waals surface area contributed by atoms with Crippen molar-refractivity contribution in [1.29, 1.82) is 0 Å². The quantitative estimate of drug-likeness (QED) is 0.869. The smallest absolute Gasteiger partial charge is 0.250 e. The lowest BCUT2D eigenvalue weighted by atomic mass is 9.79. The van der Waals surface area contributed by atoms with Gasteiger partial charge in [-0.05, 0) is 38.0 Å².